The van der Waals surface area contributed by atoms with Crippen LogP contribution in [0.3, 0.4) is 0 Å². The van der Waals surface area contributed by atoms with Gasteiger partial charge in [-0.15, -0.1) is 11.3 Å². The van der Waals surface area contributed by atoms with Gasteiger partial charge < -0.3 is 5.11 Å². The van der Waals surface area contributed by atoms with E-state index in [0.717, 1.165) is 17.7 Å². The molecule has 0 aromatic carbocycles. The summed E-state index contributed by atoms with van der Waals surface area (Å²) in [5, 5.41) is 11.5. The fourth-order valence-corrected chi connectivity index (χ4v) is 2.33. The zero-order chi connectivity index (χ0) is 10.4. The highest BCUT2D eigenvalue weighted by Gasteiger charge is 2.28. The molecule has 4 nitrogen and oxygen atoms in total. The molecular weight excluding hydrogens is 212 g/mol. The first-order chi connectivity index (χ1) is 7.25. The van der Waals surface area contributed by atoms with Crippen LogP contribution in [-0.2, 0) is 0 Å². The minimum Gasteiger partial charge on any atom is -0.476 e. The summed E-state index contributed by atoms with van der Waals surface area (Å²) in [6.07, 6.45) is 2.16. The zero-order valence-corrected chi connectivity index (χ0v) is 8.62. The first-order valence-corrected chi connectivity index (χ1v) is 5.62. The number of nitrogens with zero attached hydrogens (tertiary/aromatic N) is 2. The van der Waals surface area contributed by atoms with Gasteiger partial charge in [-0.25, -0.2) is 14.8 Å². The largest absolute Gasteiger partial charge is 0.476 e. The van der Waals surface area contributed by atoms with E-state index in [-0.39, 0.29) is 5.69 Å². The fourth-order valence-electron chi connectivity index (χ4n) is 1.56. The minimum atomic E-state index is -0.970. The standard InChI is InChI=1S/C10H8N2O2S/c13-10(14)7-6-3-4-15-9(6)12-8(11-7)5-1-2-5/h3-5H,1-2H2,(H,13,14). The van der Waals surface area contributed by atoms with Crippen LogP contribution in [0.4, 0.5) is 0 Å². The van der Waals surface area contributed by atoms with Crippen molar-refractivity contribution in [3.05, 3.63) is 23.0 Å². The van der Waals surface area contributed by atoms with Gasteiger partial charge in [-0.2, -0.15) is 0 Å². The van der Waals surface area contributed by atoms with Crippen molar-refractivity contribution in [2.45, 2.75) is 18.8 Å². The van der Waals surface area contributed by atoms with Gasteiger partial charge in [0.15, 0.2) is 5.69 Å². The molecular formula is C10H8N2O2S. The quantitative estimate of drug-likeness (QED) is 0.843. The van der Waals surface area contributed by atoms with Crippen LogP contribution in [0.1, 0.15) is 35.1 Å². The van der Waals surface area contributed by atoms with Crippen LogP contribution in [0, 0.1) is 0 Å². The van der Waals surface area contributed by atoms with Crippen LogP contribution in [0.25, 0.3) is 10.2 Å². The van der Waals surface area contributed by atoms with Gasteiger partial charge in [0.05, 0.1) is 0 Å². The Morgan fingerprint density at radius 1 is 1.47 bits per heavy atom. The first-order valence-electron chi connectivity index (χ1n) is 4.74. The number of aromatic nitrogens is 2. The lowest BCUT2D eigenvalue weighted by Crippen LogP contribution is -2.04. The predicted octanol–water partition coefficient (Wildman–Crippen LogP) is 2.27. The Hall–Kier alpha value is -1.49. The molecule has 0 spiro atoms. The summed E-state index contributed by atoms with van der Waals surface area (Å²) in [4.78, 5) is 20.3. The van der Waals surface area contributed by atoms with Crippen LogP contribution < -0.4 is 0 Å². The average molecular weight is 220 g/mol. The number of carboxylic acids is 1. The summed E-state index contributed by atoms with van der Waals surface area (Å²) in [6, 6.07) is 1.76. The highest BCUT2D eigenvalue weighted by molar-refractivity contribution is 7.16. The van der Waals surface area contributed by atoms with Crippen molar-refractivity contribution in [3.8, 4) is 0 Å². The summed E-state index contributed by atoms with van der Waals surface area (Å²) in [5.74, 6) is 0.111. The number of aromatic carboxylic acids is 1. The second kappa shape index (κ2) is 3.00. The smallest absolute Gasteiger partial charge is 0.355 e. The van der Waals surface area contributed by atoms with E-state index in [9.17, 15) is 4.79 Å². The number of carboxylic acid groups (broad SMARTS) is 1. The molecule has 5 heteroatoms. The van der Waals surface area contributed by atoms with Crippen LogP contribution in [-0.4, -0.2) is 21.0 Å². The number of hydrogen-bond donors (Lipinski definition) is 1. The van der Waals surface area contributed by atoms with Gasteiger partial charge >= 0.3 is 5.97 Å². The fraction of sp³-hybridized carbons (Fsp3) is 0.300. The van der Waals surface area contributed by atoms with Crippen molar-refractivity contribution >= 4 is 27.5 Å². The predicted molar refractivity (Wildman–Crippen MR) is 56.3 cm³/mol. The molecule has 0 bridgehead atoms. The van der Waals surface area contributed by atoms with Gasteiger partial charge in [0, 0.05) is 11.3 Å². The highest BCUT2D eigenvalue weighted by atomic mass is 32.1. The lowest BCUT2D eigenvalue weighted by atomic mass is 10.2. The van der Waals surface area contributed by atoms with Crippen LogP contribution in [0.15, 0.2) is 11.4 Å². The Labute approximate surface area is 89.6 Å². The van der Waals surface area contributed by atoms with Gasteiger partial charge in [-0.1, -0.05) is 0 Å². The lowest BCUT2D eigenvalue weighted by Gasteiger charge is -2.00. The third-order valence-corrected chi connectivity index (χ3v) is 3.29. The molecule has 2 aromatic heterocycles. The molecule has 0 aliphatic heterocycles. The van der Waals surface area contributed by atoms with Crippen molar-refractivity contribution in [2.24, 2.45) is 0 Å². The maximum Gasteiger partial charge on any atom is 0.355 e. The molecule has 1 aliphatic rings. The SMILES string of the molecule is O=C(O)c1nc(C2CC2)nc2sccc12. The van der Waals surface area contributed by atoms with Crippen LogP contribution in [0.5, 0.6) is 0 Å². The van der Waals surface area contributed by atoms with Crippen molar-refractivity contribution in [3.63, 3.8) is 0 Å². The normalized spacial score (nSPS) is 15.7. The Bertz CT molecular complexity index is 545. The van der Waals surface area contributed by atoms with E-state index in [1.807, 2.05) is 5.38 Å². The third kappa shape index (κ3) is 1.39. The second-order valence-electron chi connectivity index (χ2n) is 3.65. The number of rotatable bonds is 2. The molecule has 3 rings (SSSR count). The minimum absolute atomic E-state index is 0.142. The molecule has 0 unspecified atom stereocenters. The number of fused-ring (bicyclic) bond motifs is 1. The van der Waals surface area contributed by atoms with Crippen molar-refractivity contribution in [1.82, 2.24) is 9.97 Å². The van der Waals surface area contributed by atoms with Crippen molar-refractivity contribution < 1.29 is 9.90 Å². The Morgan fingerprint density at radius 2 is 2.27 bits per heavy atom. The molecule has 76 valence electrons. The maximum absolute atomic E-state index is 11.0. The monoisotopic (exact) mass is 220 g/mol. The average Bonchev–Trinajstić information content (AvgIpc) is 2.95. The first kappa shape index (κ1) is 8.79. The van der Waals surface area contributed by atoms with E-state index in [0.29, 0.717) is 17.1 Å². The Morgan fingerprint density at radius 3 is 2.93 bits per heavy atom. The third-order valence-electron chi connectivity index (χ3n) is 2.49. The highest BCUT2D eigenvalue weighted by Crippen LogP contribution is 2.39. The van der Waals surface area contributed by atoms with Crippen LogP contribution in [0.2, 0.25) is 0 Å². The topological polar surface area (TPSA) is 63.1 Å². The molecule has 0 saturated heterocycles. The van der Waals surface area contributed by atoms with Gasteiger partial charge in [0.25, 0.3) is 0 Å². The van der Waals surface area contributed by atoms with Gasteiger partial charge in [0.1, 0.15) is 10.7 Å². The maximum atomic E-state index is 11.0. The molecule has 2 heterocycles. The Balaban J connectivity index is 2.28. The van der Waals surface area contributed by atoms with Crippen molar-refractivity contribution in [1.29, 1.82) is 0 Å². The molecule has 1 N–H and O–H groups in total. The number of hydrogen-bond acceptors (Lipinski definition) is 4. The summed E-state index contributed by atoms with van der Waals surface area (Å²) in [5.41, 5.74) is 0.142. The van der Waals surface area contributed by atoms with Crippen molar-refractivity contribution in [2.75, 3.05) is 0 Å². The van der Waals surface area contributed by atoms with Gasteiger partial charge in [-0.05, 0) is 24.3 Å². The summed E-state index contributed by atoms with van der Waals surface area (Å²) in [7, 11) is 0. The van der Waals surface area contributed by atoms with E-state index in [2.05, 4.69) is 9.97 Å². The van der Waals surface area contributed by atoms with E-state index in [1.165, 1.54) is 11.3 Å². The Kier molecular flexibility index (Phi) is 1.76. The van der Waals surface area contributed by atoms with E-state index in [1.54, 1.807) is 6.07 Å². The summed E-state index contributed by atoms with van der Waals surface area (Å²) < 4.78 is 0. The molecule has 15 heavy (non-hydrogen) atoms. The molecule has 1 fully saturated rings. The lowest BCUT2D eigenvalue weighted by molar-refractivity contribution is 0.0692. The molecule has 0 amide bonds. The zero-order valence-electron chi connectivity index (χ0n) is 7.80. The molecule has 0 radical (unpaired) electrons. The molecule has 1 aliphatic carbocycles. The van der Waals surface area contributed by atoms with Crippen LogP contribution >= 0.6 is 11.3 Å². The molecule has 1 saturated carbocycles. The second-order valence-corrected chi connectivity index (χ2v) is 4.54. The summed E-state index contributed by atoms with van der Waals surface area (Å²) in [6.45, 7) is 0. The van der Waals surface area contributed by atoms with Gasteiger partial charge in [0.2, 0.25) is 0 Å². The number of thiophene rings is 1. The molecule has 2 aromatic rings. The summed E-state index contributed by atoms with van der Waals surface area (Å²) >= 11 is 1.46. The number of carbonyl (C=O) groups is 1. The molecule has 0 atom stereocenters. The van der Waals surface area contributed by atoms with Gasteiger partial charge in [-0.3, -0.25) is 0 Å². The van der Waals surface area contributed by atoms with E-state index in [4.69, 9.17) is 5.11 Å². The van der Waals surface area contributed by atoms with E-state index < -0.39 is 5.97 Å². The van der Waals surface area contributed by atoms with E-state index >= 15 is 0 Å².